The first-order valence-electron chi connectivity index (χ1n) is 6.53. The molecule has 0 atom stereocenters. The van der Waals surface area contributed by atoms with Crippen LogP contribution < -0.4 is 4.74 Å². The van der Waals surface area contributed by atoms with Crippen molar-refractivity contribution >= 4 is 17.9 Å². The Labute approximate surface area is 128 Å². The third-order valence-electron chi connectivity index (χ3n) is 2.77. The molecule has 6 heteroatoms. The zero-order valence-electron chi connectivity index (χ0n) is 12.7. The molecule has 0 unspecified atom stereocenters. The first kappa shape index (κ1) is 17.4. The van der Waals surface area contributed by atoms with E-state index in [1.54, 1.807) is 45.0 Å². The highest BCUT2D eigenvalue weighted by Crippen LogP contribution is 2.27. The number of aliphatic carboxylic acids is 1. The average Bonchev–Trinajstić information content (AvgIpc) is 2.37. The highest BCUT2D eigenvalue weighted by Gasteiger charge is 2.26. The second-order valence-electron chi connectivity index (χ2n) is 5.25. The summed E-state index contributed by atoms with van der Waals surface area (Å²) in [5.74, 6) is -2.26. The van der Waals surface area contributed by atoms with Crippen molar-refractivity contribution in [3.63, 3.8) is 0 Å². The summed E-state index contributed by atoms with van der Waals surface area (Å²) in [5, 5.41) is 8.56. The van der Waals surface area contributed by atoms with E-state index in [1.807, 2.05) is 0 Å². The molecule has 0 aromatic heterocycles. The Hall–Kier alpha value is -2.63. The second-order valence-corrected chi connectivity index (χ2v) is 5.25. The minimum atomic E-state index is -1.25. The second kappa shape index (κ2) is 6.89. The van der Waals surface area contributed by atoms with Gasteiger partial charge in [-0.15, -0.1) is 0 Å². The van der Waals surface area contributed by atoms with Gasteiger partial charge in [-0.3, -0.25) is 9.59 Å². The summed E-state index contributed by atoms with van der Waals surface area (Å²) >= 11 is 0. The van der Waals surface area contributed by atoms with E-state index in [4.69, 9.17) is 14.6 Å². The summed E-state index contributed by atoms with van der Waals surface area (Å²) in [6.45, 7) is 8.31. The summed E-state index contributed by atoms with van der Waals surface area (Å²) in [6.07, 6.45) is -0.697. The lowest BCUT2D eigenvalue weighted by Crippen LogP contribution is -2.26. The zero-order chi connectivity index (χ0) is 16.9. The van der Waals surface area contributed by atoms with Crippen LogP contribution in [0.5, 0.6) is 5.75 Å². The van der Waals surface area contributed by atoms with Crippen LogP contribution in [0.4, 0.5) is 0 Å². The van der Waals surface area contributed by atoms with Crippen LogP contribution in [0.3, 0.4) is 0 Å². The lowest BCUT2D eigenvalue weighted by atomic mass is 9.98. The zero-order valence-corrected chi connectivity index (χ0v) is 12.7. The Kier molecular flexibility index (Phi) is 5.45. The number of carboxylic acids is 1. The number of hydrogen-bond acceptors (Lipinski definition) is 5. The lowest BCUT2D eigenvalue weighted by molar-refractivity contribution is -0.161. The molecule has 1 aromatic rings. The molecule has 1 N–H and O–H groups in total. The van der Waals surface area contributed by atoms with E-state index in [9.17, 15) is 14.4 Å². The Bertz CT molecular complexity index is 598. The molecule has 0 amide bonds. The van der Waals surface area contributed by atoms with Crippen LogP contribution in [0, 0.1) is 0 Å². The van der Waals surface area contributed by atoms with Gasteiger partial charge in [0.25, 0.3) is 0 Å². The first-order valence-corrected chi connectivity index (χ1v) is 6.53. The van der Waals surface area contributed by atoms with E-state index in [1.165, 1.54) is 0 Å². The molecule has 0 radical (unpaired) electrons. The standard InChI is InChI=1S/C16H18O6/c1-10(2)15(20)21-12-7-5-11(6-8-12)16(3,4)22-14(19)9-13(17)18/h5-8H,1,9H2,2-4H3,(H,17,18). The lowest BCUT2D eigenvalue weighted by Gasteiger charge is -2.25. The van der Waals surface area contributed by atoms with Crippen LogP contribution in [-0.4, -0.2) is 23.0 Å². The summed E-state index contributed by atoms with van der Waals surface area (Å²) in [7, 11) is 0. The molecule has 0 aliphatic rings. The molecule has 0 fully saturated rings. The number of carbonyl (C=O) groups excluding carboxylic acids is 2. The number of benzene rings is 1. The SMILES string of the molecule is C=C(C)C(=O)Oc1ccc(C(C)(C)OC(=O)CC(=O)O)cc1. The Morgan fingerprint density at radius 2 is 1.73 bits per heavy atom. The van der Waals surface area contributed by atoms with Crippen LogP contribution in [0.2, 0.25) is 0 Å². The third-order valence-corrected chi connectivity index (χ3v) is 2.77. The molecule has 118 valence electrons. The molecule has 1 rings (SSSR count). The van der Waals surface area contributed by atoms with Crippen molar-refractivity contribution in [2.24, 2.45) is 0 Å². The van der Waals surface area contributed by atoms with Gasteiger partial charge in [-0.25, -0.2) is 4.79 Å². The van der Waals surface area contributed by atoms with Gasteiger partial charge in [0.2, 0.25) is 0 Å². The smallest absolute Gasteiger partial charge is 0.338 e. The third kappa shape index (κ3) is 5.05. The van der Waals surface area contributed by atoms with Gasteiger partial charge in [-0.2, -0.15) is 0 Å². The molecule has 0 saturated carbocycles. The largest absolute Gasteiger partial charge is 0.481 e. The van der Waals surface area contributed by atoms with E-state index in [-0.39, 0.29) is 5.57 Å². The Morgan fingerprint density at radius 3 is 2.18 bits per heavy atom. The van der Waals surface area contributed by atoms with E-state index in [0.717, 1.165) is 0 Å². The molecule has 0 aliphatic carbocycles. The fraction of sp³-hybridized carbons (Fsp3) is 0.312. The van der Waals surface area contributed by atoms with Crippen molar-refractivity contribution < 1.29 is 29.0 Å². The molecule has 22 heavy (non-hydrogen) atoms. The summed E-state index contributed by atoms with van der Waals surface area (Å²) < 4.78 is 10.2. The predicted octanol–water partition coefficient (Wildman–Crippen LogP) is 2.42. The topological polar surface area (TPSA) is 89.9 Å². The van der Waals surface area contributed by atoms with Crippen molar-refractivity contribution in [1.29, 1.82) is 0 Å². The number of esters is 2. The fourth-order valence-corrected chi connectivity index (χ4v) is 1.62. The molecule has 0 saturated heterocycles. The maximum Gasteiger partial charge on any atom is 0.338 e. The van der Waals surface area contributed by atoms with Gasteiger partial charge in [0, 0.05) is 5.57 Å². The molecule has 1 aromatic carbocycles. The van der Waals surface area contributed by atoms with Gasteiger partial charge < -0.3 is 14.6 Å². The molecule has 6 nitrogen and oxygen atoms in total. The van der Waals surface area contributed by atoms with Gasteiger partial charge >= 0.3 is 17.9 Å². The van der Waals surface area contributed by atoms with Crippen LogP contribution >= 0.6 is 0 Å². The van der Waals surface area contributed by atoms with Crippen molar-refractivity contribution in [3.05, 3.63) is 42.0 Å². The highest BCUT2D eigenvalue weighted by molar-refractivity contribution is 5.90. The van der Waals surface area contributed by atoms with Crippen LogP contribution in [0.1, 0.15) is 32.8 Å². The number of hydrogen-bond donors (Lipinski definition) is 1. The van der Waals surface area contributed by atoms with Gasteiger partial charge in [0.15, 0.2) is 0 Å². The van der Waals surface area contributed by atoms with E-state index >= 15 is 0 Å². The quantitative estimate of drug-likeness (QED) is 0.376. The van der Waals surface area contributed by atoms with Crippen LogP contribution in [0.15, 0.2) is 36.4 Å². The first-order chi connectivity index (χ1) is 10.1. The summed E-state index contributed by atoms with van der Waals surface area (Å²) in [5.41, 5.74) is -0.0722. The maximum atomic E-state index is 11.4. The minimum absolute atomic E-state index is 0.284. The molecular weight excluding hydrogens is 288 g/mol. The van der Waals surface area contributed by atoms with E-state index in [0.29, 0.717) is 11.3 Å². The van der Waals surface area contributed by atoms with Gasteiger partial charge in [0.1, 0.15) is 17.8 Å². The molecule has 0 bridgehead atoms. The van der Waals surface area contributed by atoms with E-state index < -0.39 is 29.9 Å². The van der Waals surface area contributed by atoms with Crippen molar-refractivity contribution in [1.82, 2.24) is 0 Å². The fourth-order valence-electron chi connectivity index (χ4n) is 1.62. The van der Waals surface area contributed by atoms with Gasteiger partial charge in [-0.05, 0) is 38.5 Å². The Balaban J connectivity index is 2.79. The molecule has 0 aliphatic heterocycles. The average molecular weight is 306 g/mol. The molecular formula is C16H18O6. The Morgan fingerprint density at radius 1 is 1.18 bits per heavy atom. The minimum Gasteiger partial charge on any atom is -0.481 e. The summed E-state index contributed by atoms with van der Waals surface area (Å²) in [4.78, 5) is 33.3. The number of carboxylic acid groups (broad SMARTS) is 1. The van der Waals surface area contributed by atoms with Crippen LogP contribution in [-0.2, 0) is 24.7 Å². The van der Waals surface area contributed by atoms with Crippen molar-refractivity contribution in [2.45, 2.75) is 32.8 Å². The normalized spacial score (nSPS) is 10.7. The van der Waals surface area contributed by atoms with Crippen molar-refractivity contribution in [2.75, 3.05) is 0 Å². The van der Waals surface area contributed by atoms with Crippen molar-refractivity contribution in [3.8, 4) is 5.75 Å². The monoisotopic (exact) mass is 306 g/mol. The number of carbonyl (C=O) groups is 3. The maximum absolute atomic E-state index is 11.4. The van der Waals surface area contributed by atoms with Gasteiger partial charge in [0.05, 0.1) is 0 Å². The predicted molar refractivity (Wildman–Crippen MR) is 78.3 cm³/mol. The molecule has 0 heterocycles. The van der Waals surface area contributed by atoms with E-state index in [2.05, 4.69) is 6.58 Å². The number of ether oxygens (including phenoxy) is 2. The van der Waals surface area contributed by atoms with Crippen LogP contribution in [0.25, 0.3) is 0 Å². The van der Waals surface area contributed by atoms with Gasteiger partial charge in [-0.1, -0.05) is 18.7 Å². The summed E-state index contributed by atoms with van der Waals surface area (Å²) in [6, 6.07) is 6.38. The number of rotatable bonds is 6. The molecule has 0 spiro atoms. The highest BCUT2D eigenvalue weighted by atomic mass is 16.6.